The van der Waals surface area contributed by atoms with Crippen molar-refractivity contribution in [2.75, 3.05) is 11.9 Å². The van der Waals surface area contributed by atoms with Gasteiger partial charge in [-0.1, -0.05) is 13.0 Å². The first kappa shape index (κ1) is 12.7. The zero-order valence-corrected chi connectivity index (χ0v) is 10.2. The molecule has 0 fully saturated rings. The van der Waals surface area contributed by atoms with Gasteiger partial charge in [-0.25, -0.2) is 4.39 Å². The summed E-state index contributed by atoms with van der Waals surface area (Å²) in [5.41, 5.74) is 0.591. The lowest BCUT2D eigenvalue weighted by atomic mass is 9.98. The van der Waals surface area contributed by atoms with Crippen molar-refractivity contribution in [1.82, 2.24) is 0 Å². The third-order valence-corrected chi connectivity index (χ3v) is 3.25. The Balaban J connectivity index is 3.27. The fraction of sp³-hybridized carbons (Fsp3) is 0.462. The molecule has 0 spiro atoms. The molecule has 0 atom stereocenters. The molecular weight excluding hydrogens is 205 g/mol. The van der Waals surface area contributed by atoms with Crippen LogP contribution in [0.1, 0.15) is 37.6 Å². The van der Waals surface area contributed by atoms with Gasteiger partial charge in [-0.05, 0) is 32.4 Å². The molecule has 0 N–H and O–H groups in total. The van der Waals surface area contributed by atoms with Gasteiger partial charge in [0.1, 0.15) is 5.82 Å². The minimum absolute atomic E-state index is 0.181. The average molecular weight is 223 g/mol. The molecule has 0 heterocycles. The summed E-state index contributed by atoms with van der Waals surface area (Å²) >= 11 is 0. The number of halogens is 1. The van der Waals surface area contributed by atoms with Crippen LogP contribution < -0.4 is 4.90 Å². The molecule has 0 aliphatic carbocycles. The molecule has 88 valence electrons. The Kier molecular flexibility index (Phi) is 3.68. The van der Waals surface area contributed by atoms with Gasteiger partial charge in [0, 0.05) is 18.2 Å². The van der Waals surface area contributed by atoms with Crippen LogP contribution in [0.3, 0.4) is 0 Å². The fourth-order valence-electron chi connectivity index (χ4n) is 1.52. The van der Waals surface area contributed by atoms with Crippen molar-refractivity contribution in [3.05, 3.63) is 29.6 Å². The molecule has 1 rings (SSSR count). The van der Waals surface area contributed by atoms with Gasteiger partial charge in [0.25, 0.3) is 0 Å². The van der Waals surface area contributed by atoms with E-state index in [1.165, 1.54) is 6.07 Å². The topological polar surface area (TPSA) is 20.3 Å². The quantitative estimate of drug-likeness (QED) is 0.730. The molecule has 0 aromatic heterocycles. The van der Waals surface area contributed by atoms with Gasteiger partial charge in [0.2, 0.25) is 0 Å². The number of anilines is 1. The Labute approximate surface area is 96.1 Å². The number of hydrogen-bond acceptors (Lipinski definition) is 2. The maximum Gasteiger partial charge on any atom is 0.152 e. The van der Waals surface area contributed by atoms with Crippen molar-refractivity contribution in [1.29, 1.82) is 0 Å². The van der Waals surface area contributed by atoms with Crippen LogP contribution in [0.4, 0.5) is 10.1 Å². The fourth-order valence-corrected chi connectivity index (χ4v) is 1.52. The molecule has 0 bridgehead atoms. The van der Waals surface area contributed by atoms with E-state index in [2.05, 4.69) is 0 Å². The highest BCUT2D eigenvalue weighted by atomic mass is 19.1. The zero-order chi connectivity index (χ0) is 12.3. The predicted molar refractivity (Wildman–Crippen MR) is 64.6 cm³/mol. The van der Waals surface area contributed by atoms with Crippen molar-refractivity contribution in [2.24, 2.45) is 0 Å². The van der Waals surface area contributed by atoms with E-state index in [9.17, 15) is 9.18 Å². The predicted octanol–water partition coefficient (Wildman–Crippen LogP) is 3.26. The lowest BCUT2D eigenvalue weighted by Crippen LogP contribution is -2.41. The normalized spacial score (nSPS) is 11.3. The summed E-state index contributed by atoms with van der Waals surface area (Å²) in [6.45, 7) is 6.08. The van der Waals surface area contributed by atoms with Crippen LogP contribution in [-0.4, -0.2) is 18.9 Å². The van der Waals surface area contributed by atoms with Crippen molar-refractivity contribution in [2.45, 2.75) is 32.7 Å². The molecular formula is C13H18FNO. The van der Waals surface area contributed by atoms with Crippen LogP contribution >= 0.6 is 0 Å². The average Bonchev–Trinajstić information content (AvgIpc) is 2.27. The smallest absolute Gasteiger partial charge is 0.152 e. The van der Waals surface area contributed by atoms with Crippen molar-refractivity contribution in [3.63, 3.8) is 0 Å². The number of aldehydes is 1. The van der Waals surface area contributed by atoms with Gasteiger partial charge in [0.05, 0.1) is 5.69 Å². The molecule has 3 heteroatoms. The Hall–Kier alpha value is -1.38. The first-order valence-electron chi connectivity index (χ1n) is 5.41. The van der Waals surface area contributed by atoms with Crippen LogP contribution in [0.25, 0.3) is 0 Å². The van der Waals surface area contributed by atoms with E-state index in [4.69, 9.17) is 0 Å². The summed E-state index contributed by atoms with van der Waals surface area (Å²) in [5.74, 6) is -0.353. The van der Waals surface area contributed by atoms with Crippen LogP contribution in [0, 0.1) is 5.82 Å². The Morgan fingerprint density at radius 3 is 2.56 bits per heavy atom. The van der Waals surface area contributed by atoms with E-state index in [0.717, 1.165) is 6.42 Å². The lowest BCUT2D eigenvalue weighted by Gasteiger charge is -2.37. The number of hydrogen-bond donors (Lipinski definition) is 0. The van der Waals surface area contributed by atoms with Crippen molar-refractivity contribution >= 4 is 12.0 Å². The summed E-state index contributed by atoms with van der Waals surface area (Å²) in [7, 11) is 1.81. The third kappa shape index (κ3) is 2.23. The Bertz CT molecular complexity index is 388. The molecule has 0 radical (unpaired) electrons. The molecule has 0 aliphatic heterocycles. The van der Waals surface area contributed by atoms with Gasteiger partial charge in [-0.15, -0.1) is 0 Å². The summed E-state index contributed by atoms with van der Waals surface area (Å²) in [6, 6.07) is 4.56. The number of benzene rings is 1. The standard InChI is InChI=1S/C13H18FNO/c1-5-13(2,3)15(4)12-10(9-16)7-6-8-11(12)14/h6-9H,5H2,1-4H3. The highest BCUT2D eigenvalue weighted by Gasteiger charge is 2.25. The van der Waals surface area contributed by atoms with Crippen LogP contribution in [-0.2, 0) is 0 Å². The first-order chi connectivity index (χ1) is 7.44. The summed E-state index contributed by atoms with van der Waals surface area (Å²) < 4.78 is 13.8. The molecule has 1 aromatic carbocycles. The highest BCUT2D eigenvalue weighted by molar-refractivity contribution is 5.85. The Morgan fingerprint density at radius 1 is 1.44 bits per heavy atom. The van der Waals surface area contributed by atoms with Crippen LogP contribution in [0.15, 0.2) is 18.2 Å². The number of para-hydroxylation sites is 1. The second kappa shape index (κ2) is 4.64. The molecule has 0 aliphatic rings. The van der Waals surface area contributed by atoms with E-state index in [0.29, 0.717) is 17.5 Å². The summed E-state index contributed by atoms with van der Waals surface area (Å²) in [6.07, 6.45) is 1.57. The Morgan fingerprint density at radius 2 is 2.06 bits per heavy atom. The van der Waals surface area contributed by atoms with Crippen LogP contribution in [0.2, 0.25) is 0 Å². The molecule has 16 heavy (non-hydrogen) atoms. The minimum Gasteiger partial charge on any atom is -0.367 e. The first-order valence-corrected chi connectivity index (χ1v) is 5.41. The van der Waals surface area contributed by atoms with E-state index < -0.39 is 0 Å². The van der Waals surface area contributed by atoms with E-state index in [1.807, 2.05) is 32.7 Å². The van der Waals surface area contributed by atoms with Gasteiger partial charge in [-0.3, -0.25) is 4.79 Å². The molecule has 2 nitrogen and oxygen atoms in total. The van der Waals surface area contributed by atoms with Crippen molar-refractivity contribution < 1.29 is 9.18 Å². The minimum atomic E-state index is -0.353. The van der Waals surface area contributed by atoms with Gasteiger partial charge < -0.3 is 4.90 Å². The van der Waals surface area contributed by atoms with E-state index in [-0.39, 0.29) is 11.4 Å². The lowest BCUT2D eigenvalue weighted by molar-refractivity contribution is 0.112. The highest BCUT2D eigenvalue weighted by Crippen LogP contribution is 2.29. The number of nitrogens with zero attached hydrogens (tertiary/aromatic N) is 1. The molecule has 0 saturated heterocycles. The monoisotopic (exact) mass is 223 g/mol. The summed E-state index contributed by atoms with van der Waals surface area (Å²) in [4.78, 5) is 12.7. The maximum absolute atomic E-state index is 13.8. The second-order valence-electron chi connectivity index (χ2n) is 4.52. The van der Waals surface area contributed by atoms with Gasteiger partial charge in [0.15, 0.2) is 6.29 Å². The van der Waals surface area contributed by atoms with Crippen molar-refractivity contribution in [3.8, 4) is 0 Å². The number of carbonyl (C=O) groups excluding carboxylic acids is 1. The SMILES string of the molecule is CCC(C)(C)N(C)c1c(F)cccc1C=O. The van der Waals surface area contributed by atoms with Crippen LogP contribution in [0.5, 0.6) is 0 Å². The third-order valence-electron chi connectivity index (χ3n) is 3.25. The number of rotatable bonds is 4. The van der Waals surface area contributed by atoms with E-state index >= 15 is 0 Å². The number of carbonyl (C=O) groups is 1. The van der Waals surface area contributed by atoms with E-state index in [1.54, 1.807) is 12.1 Å². The zero-order valence-electron chi connectivity index (χ0n) is 10.2. The molecule has 0 amide bonds. The molecule has 0 saturated carbocycles. The summed E-state index contributed by atoms with van der Waals surface area (Å²) in [5, 5.41) is 0. The van der Waals surface area contributed by atoms with Gasteiger partial charge >= 0.3 is 0 Å². The van der Waals surface area contributed by atoms with Gasteiger partial charge in [-0.2, -0.15) is 0 Å². The largest absolute Gasteiger partial charge is 0.367 e. The second-order valence-corrected chi connectivity index (χ2v) is 4.52. The molecule has 0 unspecified atom stereocenters. The molecule has 1 aromatic rings. The maximum atomic E-state index is 13.8.